The maximum Gasteiger partial charge on any atom is 0.191 e. The van der Waals surface area contributed by atoms with Crippen molar-refractivity contribution < 1.29 is 21.1 Å². The van der Waals surface area contributed by atoms with E-state index in [4.69, 9.17) is 4.98 Å². The number of fused-ring (bicyclic) bond motifs is 3. The summed E-state index contributed by atoms with van der Waals surface area (Å²) in [5.41, 5.74) is 12.5. The van der Waals surface area contributed by atoms with E-state index in [1.165, 1.54) is 33.2 Å². The van der Waals surface area contributed by atoms with E-state index >= 15 is 0 Å². The maximum atomic E-state index is 4.97. The molecule has 0 atom stereocenters. The summed E-state index contributed by atoms with van der Waals surface area (Å²) in [4.78, 5) is 9.62. The van der Waals surface area contributed by atoms with Gasteiger partial charge >= 0.3 is 0 Å². The van der Waals surface area contributed by atoms with Gasteiger partial charge in [0.15, 0.2) is 6.71 Å². The van der Waals surface area contributed by atoms with Crippen LogP contribution in [0.4, 0.5) is 11.4 Å². The number of hydrogen-bond acceptors (Lipinski definition) is 3. The Morgan fingerprint density at radius 3 is 1.92 bits per heavy atom. The molecule has 0 amide bonds. The van der Waals surface area contributed by atoms with Crippen LogP contribution in [0.15, 0.2) is 133 Å². The SMILES string of the molecule is CC(C)(C)C1=CN(c2cccc(C(C)(C)C)c2)[CH-]N1c1[c-]c(B(c2[c-]c3c(cc2)c2ccccc2n3-c2cc(C(C)(C)C)ccn2)c2ccccc2)cc(C(C)(C)C)c1.[Pt]. The van der Waals surface area contributed by atoms with Crippen LogP contribution in [-0.2, 0) is 37.3 Å². The fraction of sp³-hybridized carbons (Fsp3) is 0.296. The Morgan fingerprint density at radius 2 is 1.23 bits per heavy atom. The van der Waals surface area contributed by atoms with Gasteiger partial charge in [0.2, 0.25) is 0 Å². The van der Waals surface area contributed by atoms with Crippen LogP contribution in [0.3, 0.4) is 0 Å². The predicted octanol–water partition coefficient (Wildman–Crippen LogP) is 11.5. The zero-order valence-corrected chi connectivity index (χ0v) is 39.7. The summed E-state index contributed by atoms with van der Waals surface area (Å²) in [6.07, 6.45) is 4.25. The molecule has 1 aliphatic rings. The Hall–Kier alpha value is -4.86. The monoisotopic (exact) mass is 968 g/mol. The van der Waals surface area contributed by atoms with Crippen LogP contribution in [0.1, 0.15) is 99.8 Å². The number of hydrogen-bond donors (Lipinski definition) is 0. The third kappa shape index (κ3) is 8.40. The molecule has 0 spiro atoms. The quantitative estimate of drug-likeness (QED) is 0.123. The number of pyridine rings is 1. The van der Waals surface area contributed by atoms with Gasteiger partial charge in [0.1, 0.15) is 5.82 Å². The molecule has 0 saturated heterocycles. The van der Waals surface area contributed by atoms with Gasteiger partial charge in [-0.2, -0.15) is 46.8 Å². The average molecular weight is 969 g/mol. The number of aromatic nitrogens is 2. The van der Waals surface area contributed by atoms with Crippen molar-refractivity contribution in [2.45, 2.75) is 99.3 Å². The van der Waals surface area contributed by atoms with Crippen LogP contribution in [0.25, 0.3) is 27.6 Å². The van der Waals surface area contributed by atoms with E-state index in [-0.39, 0.29) is 49.4 Å². The minimum absolute atomic E-state index is 0. The topological polar surface area (TPSA) is 24.3 Å². The molecule has 0 bridgehead atoms. The first kappa shape index (κ1) is 43.2. The van der Waals surface area contributed by atoms with Crippen LogP contribution in [0, 0.1) is 24.2 Å². The van der Waals surface area contributed by atoms with Crippen molar-refractivity contribution in [3.05, 3.63) is 169 Å². The summed E-state index contributed by atoms with van der Waals surface area (Å²) in [5, 5.41) is 2.35. The van der Waals surface area contributed by atoms with E-state index in [0.29, 0.717) is 0 Å². The first-order chi connectivity index (χ1) is 27.8. The number of allylic oxidation sites excluding steroid dienone is 1. The summed E-state index contributed by atoms with van der Waals surface area (Å²) >= 11 is 0. The molecule has 5 aromatic carbocycles. The largest absolute Gasteiger partial charge is 0.497 e. The fourth-order valence-electron chi connectivity index (χ4n) is 8.22. The second-order valence-electron chi connectivity index (χ2n) is 20.4. The molecule has 0 aliphatic carbocycles. The molecule has 3 heterocycles. The second kappa shape index (κ2) is 15.9. The fourth-order valence-corrected chi connectivity index (χ4v) is 8.22. The first-order valence-corrected chi connectivity index (χ1v) is 21.1. The van der Waals surface area contributed by atoms with Crippen LogP contribution in [0.2, 0.25) is 0 Å². The van der Waals surface area contributed by atoms with Crippen molar-refractivity contribution in [1.29, 1.82) is 0 Å². The van der Waals surface area contributed by atoms with Gasteiger partial charge in [0.05, 0.1) is 0 Å². The Labute approximate surface area is 374 Å². The minimum atomic E-state index is -0.137. The van der Waals surface area contributed by atoms with Crippen molar-refractivity contribution in [1.82, 2.24) is 9.55 Å². The maximum absolute atomic E-state index is 4.97. The minimum Gasteiger partial charge on any atom is -0.497 e. The molecular weight excluding hydrogens is 911 g/mol. The molecule has 60 heavy (non-hydrogen) atoms. The van der Waals surface area contributed by atoms with Crippen molar-refractivity contribution >= 4 is 56.3 Å². The van der Waals surface area contributed by atoms with Gasteiger partial charge in [-0.3, -0.25) is 0 Å². The van der Waals surface area contributed by atoms with Crippen LogP contribution in [0.5, 0.6) is 0 Å². The van der Waals surface area contributed by atoms with Gasteiger partial charge in [0, 0.05) is 49.6 Å². The molecule has 0 radical (unpaired) electrons. The third-order valence-corrected chi connectivity index (χ3v) is 11.7. The predicted molar refractivity (Wildman–Crippen MR) is 253 cm³/mol. The van der Waals surface area contributed by atoms with E-state index in [1.54, 1.807) is 0 Å². The van der Waals surface area contributed by atoms with Gasteiger partial charge in [-0.15, -0.1) is 23.8 Å². The molecule has 0 N–H and O–H groups in total. The zero-order valence-electron chi connectivity index (χ0n) is 37.4. The van der Waals surface area contributed by atoms with Crippen LogP contribution >= 0.6 is 0 Å². The van der Waals surface area contributed by atoms with Crippen molar-refractivity contribution in [2.24, 2.45) is 5.41 Å². The smallest absolute Gasteiger partial charge is 0.191 e. The Morgan fingerprint density at radius 1 is 0.567 bits per heavy atom. The number of rotatable bonds is 6. The number of benzene rings is 5. The Bertz CT molecular complexity index is 2700. The molecule has 1 aliphatic heterocycles. The molecule has 4 nitrogen and oxygen atoms in total. The summed E-state index contributed by atoms with van der Waals surface area (Å²) in [6, 6.07) is 50.2. The Balaban J connectivity index is 0.00000544. The molecule has 8 rings (SSSR count). The number of nitrogens with zero attached hydrogens (tertiary/aromatic N) is 4. The normalized spacial score (nSPS) is 13.8. The molecule has 2 aromatic heterocycles. The first-order valence-electron chi connectivity index (χ1n) is 21.1. The van der Waals surface area contributed by atoms with Gasteiger partial charge in [0.25, 0.3) is 0 Å². The molecule has 0 fully saturated rings. The van der Waals surface area contributed by atoms with Gasteiger partial charge in [-0.1, -0.05) is 155 Å². The summed E-state index contributed by atoms with van der Waals surface area (Å²) in [5.74, 6) is 0.903. The summed E-state index contributed by atoms with van der Waals surface area (Å²) in [6.45, 7) is 29.5. The van der Waals surface area contributed by atoms with E-state index in [1.807, 2.05) is 6.20 Å². The molecule has 310 valence electrons. The van der Waals surface area contributed by atoms with Gasteiger partial charge in [-0.25, -0.2) is 4.98 Å². The molecule has 0 unspecified atom stereocenters. The summed E-state index contributed by atoms with van der Waals surface area (Å²) < 4.78 is 2.30. The zero-order chi connectivity index (χ0) is 42.1. The van der Waals surface area contributed by atoms with E-state index < -0.39 is 0 Å². The van der Waals surface area contributed by atoms with E-state index in [2.05, 4.69) is 238 Å². The van der Waals surface area contributed by atoms with Crippen molar-refractivity contribution in [3.63, 3.8) is 0 Å². The van der Waals surface area contributed by atoms with E-state index in [0.717, 1.165) is 44.5 Å². The molecule has 6 heteroatoms. The molecular formula is C54H58BN4Pt-3. The number of anilines is 2. The molecule has 0 saturated carbocycles. The van der Waals surface area contributed by atoms with Gasteiger partial charge in [-0.05, 0) is 69.3 Å². The van der Waals surface area contributed by atoms with Crippen molar-refractivity contribution in [2.75, 3.05) is 9.80 Å². The van der Waals surface area contributed by atoms with Gasteiger partial charge < -0.3 is 14.4 Å². The van der Waals surface area contributed by atoms with E-state index in [9.17, 15) is 0 Å². The summed E-state index contributed by atoms with van der Waals surface area (Å²) in [7, 11) is 0. The van der Waals surface area contributed by atoms with Crippen LogP contribution < -0.4 is 26.2 Å². The second-order valence-corrected chi connectivity index (χ2v) is 20.4. The van der Waals surface area contributed by atoms with Crippen LogP contribution in [-0.4, -0.2) is 16.3 Å². The average Bonchev–Trinajstić information content (AvgIpc) is 3.79. The molecule has 7 aromatic rings. The Kier molecular flexibility index (Phi) is 11.4. The standard InChI is InChI=1S/C54H58BN4.Pt/c1-51(2,3)37-19-18-22-43(30-37)57-35-49(54(10,11)12)58(36-57)44-31-39(53(7,8)9)29-42(33-44)55(40-20-14-13-15-21-40)41-25-26-46-45-23-16-17-24-47(45)59(48(46)34-41)50-32-38(27-28-56-50)52(4,5)6;/h13-32,35-36H,1-12H3;/q-3;. The third-order valence-electron chi connectivity index (χ3n) is 11.7. The van der Waals surface area contributed by atoms with Crippen molar-refractivity contribution in [3.8, 4) is 5.82 Å². The number of para-hydroxylation sites is 1.